The molecule has 2 aromatic heterocycles. The molecule has 0 saturated heterocycles. The van der Waals surface area contributed by atoms with Crippen LogP contribution in [-0.2, 0) is 11.3 Å². The van der Waals surface area contributed by atoms with Gasteiger partial charge in [0.1, 0.15) is 5.03 Å². The van der Waals surface area contributed by atoms with Crippen LogP contribution in [0.5, 0.6) is 0 Å². The van der Waals surface area contributed by atoms with Crippen LogP contribution in [0, 0.1) is 13.8 Å². The normalized spacial score (nSPS) is 10.7. The molecule has 0 bridgehead atoms. The molecule has 172 valence electrons. The number of hydrogen-bond acceptors (Lipinski definition) is 6. The Morgan fingerprint density at radius 1 is 1.06 bits per heavy atom. The lowest BCUT2D eigenvalue weighted by Crippen LogP contribution is -2.18. The highest BCUT2D eigenvalue weighted by atomic mass is 32.2. The number of amides is 2. The number of carbonyl (C=O) groups excluding carboxylic acids is 2. The Morgan fingerprint density at radius 3 is 2.62 bits per heavy atom. The third-order valence-electron chi connectivity index (χ3n) is 5.08. The average Bonchev–Trinajstić information content (AvgIpc) is 3.29. The Morgan fingerprint density at radius 2 is 1.85 bits per heavy atom. The summed E-state index contributed by atoms with van der Waals surface area (Å²) in [6.45, 7) is 6.08. The van der Waals surface area contributed by atoms with Crippen molar-refractivity contribution >= 4 is 40.0 Å². The van der Waals surface area contributed by atoms with E-state index in [4.69, 9.17) is 0 Å². The molecule has 4 rings (SSSR count). The second-order valence-corrected chi connectivity index (χ2v) is 9.71. The molecular weight excluding hydrogens is 464 g/mol. The smallest absolute Gasteiger partial charge is 0.260 e. The van der Waals surface area contributed by atoms with Crippen molar-refractivity contribution in [3.63, 3.8) is 0 Å². The van der Waals surface area contributed by atoms with Gasteiger partial charge in [0.25, 0.3) is 5.91 Å². The van der Waals surface area contributed by atoms with Gasteiger partial charge in [0.2, 0.25) is 5.91 Å². The number of thiazole rings is 1. The van der Waals surface area contributed by atoms with Gasteiger partial charge >= 0.3 is 0 Å². The van der Waals surface area contributed by atoms with E-state index in [2.05, 4.69) is 38.8 Å². The minimum absolute atomic E-state index is 0.0619. The Hall–Kier alpha value is -3.49. The maximum Gasteiger partial charge on any atom is 0.260 e. The highest BCUT2D eigenvalue weighted by Crippen LogP contribution is 2.32. The molecule has 0 unspecified atom stereocenters. The van der Waals surface area contributed by atoms with Gasteiger partial charge in [-0.15, -0.1) is 11.3 Å². The van der Waals surface area contributed by atoms with Crippen LogP contribution in [0.1, 0.15) is 34.0 Å². The Balaban J connectivity index is 1.47. The second-order valence-electron chi connectivity index (χ2n) is 7.83. The second kappa shape index (κ2) is 10.6. The fourth-order valence-electron chi connectivity index (χ4n) is 3.21. The van der Waals surface area contributed by atoms with Crippen molar-refractivity contribution in [2.45, 2.75) is 37.2 Å². The number of nitrogens with zero attached hydrogens (tertiary/aromatic N) is 2. The fraction of sp³-hybridized carbons (Fsp3) is 0.154. The Bertz CT molecular complexity index is 1330. The average molecular weight is 489 g/mol. The van der Waals surface area contributed by atoms with E-state index in [9.17, 15) is 9.59 Å². The van der Waals surface area contributed by atoms with E-state index in [1.54, 1.807) is 18.3 Å². The van der Waals surface area contributed by atoms with Gasteiger partial charge in [-0.05, 0) is 48.7 Å². The summed E-state index contributed by atoms with van der Waals surface area (Å²) in [7, 11) is 0. The van der Waals surface area contributed by atoms with Gasteiger partial charge in [0.15, 0.2) is 5.13 Å². The van der Waals surface area contributed by atoms with Gasteiger partial charge in [0, 0.05) is 35.5 Å². The van der Waals surface area contributed by atoms with Crippen LogP contribution < -0.4 is 10.6 Å². The number of carbonyl (C=O) groups is 2. The lowest BCUT2D eigenvalue weighted by Gasteiger charge is -2.10. The van der Waals surface area contributed by atoms with Crippen LogP contribution in [0.15, 0.2) is 76.1 Å². The van der Waals surface area contributed by atoms with E-state index in [1.165, 1.54) is 30.0 Å². The van der Waals surface area contributed by atoms with Crippen LogP contribution in [-0.4, -0.2) is 21.8 Å². The van der Waals surface area contributed by atoms with Crippen molar-refractivity contribution in [3.8, 4) is 11.3 Å². The molecule has 4 aromatic rings. The van der Waals surface area contributed by atoms with Crippen LogP contribution in [0.3, 0.4) is 0 Å². The number of rotatable bonds is 7. The largest absolute Gasteiger partial charge is 0.352 e. The zero-order valence-corrected chi connectivity index (χ0v) is 20.7. The molecule has 2 aromatic carbocycles. The van der Waals surface area contributed by atoms with Gasteiger partial charge in [-0.3, -0.25) is 14.9 Å². The van der Waals surface area contributed by atoms with E-state index in [0.717, 1.165) is 32.8 Å². The Kier molecular flexibility index (Phi) is 7.40. The predicted molar refractivity (Wildman–Crippen MR) is 137 cm³/mol. The maximum atomic E-state index is 13.1. The predicted octanol–water partition coefficient (Wildman–Crippen LogP) is 5.86. The SMILES string of the molecule is CC(=O)NCc1ccc(-c2csc(NC(=O)c3cccnc3Sc3cc(C)ccc3C)n2)cc1. The topological polar surface area (TPSA) is 84.0 Å². The van der Waals surface area contributed by atoms with Crippen molar-refractivity contribution < 1.29 is 9.59 Å². The van der Waals surface area contributed by atoms with E-state index >= 15 is 0 Å². The molecule has 34 heavy (non-hydrogen) atoms. The summed E-state index contributed by atoms with van der Waals surface area (Å²) in [6, 6.07) is 17.6. The zero-order chi connectivity index (χ0) is 24.1. The van der Waals surface area contributed by atoms with Crippen molar-refractivity contribution in [3.05, 3.63) is 88.4 Å². The van der Waals surface area contributed by atoms with Gasteiger partial charge in [-0.1, -0.05) is 48.2 Å². The molecule has 0 radical (unpaired) electrons. The van der Waals surface area contributed by atoms with Crippen LogP contribution >= 0.6 is 23.1 Å². The summed E-state index contributed by atoms with van der Waals surface area (Å²) in [4.78, 5) is 34.2. The molecule has 2 heterocycles. The monoisotopic (exact) mass is 488 g/mol. The fourth-order valence-corrected chi connectivity index (χ4v) is 5.00. The standard InChI is InChI=1S/C26H24N4O2S2/c1-16-6-7-17(2)23(13-16)34-25-21(5-4-12-27-25)24(32)30-26-29-22(15-33-26)20-10-8-19(9-11-20)14-28-18(3)31/h4-13,15H,14H2,1-3H3,(H,28,31)(H,29,30,32). The Labute approximate surface area is 206 Å². The first-order chi connectivity index (χ1) is 16.4. The minimum Gasteiger partial charge on any atom is -0.352 e. The summed E-state index contributed by atoms with van der Waals surface area (Å²) in [5, 5.41) is 8.78. The van der Waals surface area contributed by atoms with Crippen LogP contribution in [0.25, 0.3) is 11.3 Å². The number of anilines is 1. The molecule has 0 aliphatic heterocycles. The first-order valence-corrected chi connectivity index (χ1v) is 12.4. The lowest BCUT2D eigenvalue weighted by atomic mass is 10.1. The molecule has 0 saturated carbocycles. The number of pyridine rings is 1. The molecule has 0 fully saturated rings. The molecule has 6 nitrogen and oxygen atoms in total. The van der Waals surface area contributed by atoms with Gasteiger partial charge in [-0.25, -0.2) is 9.97 Å². The van der Waals surface area contributed by atoms with E-state index in [1.807, 2.05) is 43.5 Å². The lowest BCUT2D eigenvalue weighted by molar-refractivity contribution is -0.119. The van der Waals surface area contributed by atoms with Crippen molar-refractivity contribution in [2.24, 2.45) is 0 Å². The quantitative estimate of drug-likeness (QED) is 0.340. The molecule has 8 heteroatoms. The van der Waals surface area contributed by atoms with Crippen LogP contribution in [0.2, 0.25) is 0 Å². The zero-order valence-electron chi connectivity index (χ0n) is 19.1. The molecule has 0 aliphatic carbocycles. The highest BCUT2D eigenvalue weighted by Gasteiger charge is 2.16. The third-order valence-corrected chi connectivity index (χ3v) is 7.02. The molecule has 2 amide bonds. The van der Waals surface area contributed by atoms with Crippen molar-refractivity contribution in [1.29, 1.82) is 0 Å². The van der Waals surface area contributed by atoms with Crippen LogP contribution in [0.4, 0.5) is 5.13 Å². The minimum atomic E-state index is -0.243. The number of aromatic nitrogens is 2. The van der Waals surface area contributed by atoms with E-state index in [0.29, 0.717) is 22.3 Å². The maximum absolute atomic E-state index is 13.1. The third kappa shape index (κ3) is 5.89. The molecule has 0 aliphatic rings. The molecular formula is C26H24N4O2S2. The number of benzene rings is 2. The molecule has 0 spiro atoms. The summed E-state index contributed by atoms with van der Waals surface area (Å²) in [6.07, 6.45) is 1.70. The van der Waals surface area contributed by atoms with Gasteiger partial charge < -0.3 is 5.32 Å². The number of nitrogens with one attached hydrogen (secondary N) is 2. The summed E-state index contributed by atoms with van der Waals surface area (Å²) >= 11 is 2.86. The molecule has 2 N–H and O–H groups in total. The number of hydrogen-bond donors (Lipinski definition) is 2. The first-order valence-electron chi connectivity index (χ1n) is 10.7. The highest BCUT2D eigenvalue weighted by molar-refractivity contribution is 7.99. The van der Waals surface area contributed by atoms with Gasteiger partial charge in [0.05, 0.1) is 11.3 Å². The molecule has 0 atom stereocenters. The number of aryl methyl sites for hydroxylation is 2. The van der Waals surface area contributed by atoms with Gasteiger partial charge in [-0.2, -0.15) is 0 Å². The summed E-state index contributed by atoms with van der Waals surface area (Å²) in [5.41, 5.74) is 5.54. The summed E-state index contributed by atoms with van der Waals surface area (Å²) < 4.78 is 0. The summed E-state index contributed by atoms with van der Waals surface area (Å²) in [5.74, 6) is -0.305. The van der Waals surface area contributed by atoms with Crippen molar-refractivity contribution in [2.75, 3.05) is 5.32 Å². The van der Waals surface area contributed by atoms with Crippen molar-refractivity contribution in [1.82, 2.24) is 15.3 Å². The van der Waals surface area contributed by atoms with E-state index < -0.39 is 0 Å². The first kappa shape index (κ1) is 23.7. The van der Waals surface area contributed by atoms with E-state index in [-0.39, 0.29) is 11.8 Å².